The molecule has 9 nitrogen and oxygen atoms in total. The molecule has 1 N–H and O–H groups in total. The van der Waals surface area contributed by atoms with Gasteiger partial charge in [0, 0.05) is 23.9 Å². The molecule has 0 unspecified atom stereocenters. The minimum Gasteiger partial charge on any atom is -0.497 e. The fourth-order valence-corrected chi connectivity index (χ4v) is 2.76. The number of rotatable bonds is 6. The van der Waals surface area contributed by atoms with Crippen LogP contribution in [0.1, 0.15) is 23.1 Å². The topological polar surface area (TPSA) is 100 Å². The van der Waals surface area contributed by atoms with Crippen LogP contribution in [0, 0.1) is 0 Å². The van der Waals surface area contributed by atoms with Crippen LogP contribution in [-0.2, 0) is 0 Å². The van der Waals surface area contributed by atoms with Crippen LogP contribution in [0.15, 0.2) is 42.6 Å². The van der Waals surface area contributed by atoms with Gasteiger partial charge in [0.25, 0.3) is 0 Å². The van der Waals surface area contributed by atoms with Crippen LogP contribution >= 0.6 is 0 Å². The van der Waals surface area contributed by atoms with E-state index >= 15 is 0 Å². The molecule has 0 aliphatic carbocycles. The van der Waals surface area contributed by atoms with Gasteiger partial charge >= 0.3 is 0 Å². The standard InChI is InChI=1S/C19H17N5O4/c1-12(25)15-9-17-18(28-11-27-17)10-16(15)20-8-7-19-21-22-23-24(19)13-3-5-14(26-2)6-4-13/h3-10,20H,11H2,1-2H3. The number of aromatic nitrogens is 4. The van der Waals surface area contributed by atoms with E-state index in [9.17, 15) is 4.79 Å². The molecule has 2 aromatic carbocycles. The van der Waals surface area contributed by atoms with Crippen molar-refractivity contribution in [2.24, 2.45) is 0 Å². The van der Waals surface area contributed by atoms with E-state index in [0.717, 1.165) is 11.4 Å². The number of anilines is 1. The van der Waals surface area contributed by atoms with Crippen LogP contribution in [0.25, 0.3) is 11.8 Å². The van der Waals surface area contributed by atoms with E-state index in [-0.39, 0.29) is 12.6 Å². The lowest BCUT2D eigenvalue weighted by molar-refractivity contribution is 0.101. The molecule has 0 radical (unpaired) electrons. The Labute approximate surface area is 160 Å². The van der Waals surface area contributed by atoms with Crippen LogP contribution in [0.5, 0.6) is 17.2 Å². The number of methoxy groups -OCH3 is 1. The molecule has 0 amide bonds. The van der Waals surface area contributed by atoms with Crippen LogP contribution in [-0.4, -0.2) is 39.9 Å². The smallest absolute Gasteiger partial charge is 0.231 e. The lowest BCUT2D eigenvalue weighted by Gasteiger charge is -2.08. The van der Waals surface area contributed by atoms with Gasteiger partial charge in [0.2, 0.25) is 6.79 Å². The van der Waals surface area contributed by atoms with Gasteiger partial charge in [-0.25, -0.2) is 0 Å². The number of Topliss-reactive ketones (excluding diaryl/α,β-unsaturated/α-hetero) is 1. The Hall–Kier alpha value is -3.88. The zero-order chi connectivity index (χ0) is 19.5. The SMILES string of the molecule is COc1ccc(-n2nnnc2C=CNc2cc3c(cc2C(C)=O)OCO3)cc1. The molecule has 142 valence electrons. The summed E-state index contributed by atoms with van der Waals surface area (Å²) in [6.45, 7) is 1.64. The second kappa shape index (κ2) is 7.39. The van der Waals surface area contributed by atoms with Crippen molar-refractivity contribution in [1.82, 2.24) is 20.2 Å². The second-order valence-electron chi connectivity index (χ2n) is 5.93. The van der Waals surface area contributed by atoms with Crippen molar-refractivity contribution in [2.45, 2.75) is 6.92 Å². The van der Waals surface area contributed by atoms with E-state index in [2.05, 4.69) is 20.8 Å². The van der Waals surface area contributed by atoms with E-state index in [1.807, 2.05) is 24.3 Å². The van der Waals surface area contributed by atoms with Crippen LogP contribution in [0.2, 0.25) is 0 Å². The third-order valence-corrected chi connectivity index (χ3v) is 4.17. The highest BCUT2D eigenvalue weighted by molar-refractivity contribution is 6.00. The second-order valence-corrected chi connectivity index (χ2v) is 5.93. The van der Waals surface area contributed by atoms with Gasteiger partial charge in [-0.1, -0.05) is 0 Å². The molecule has 2 heterocycles. The number of tetrazole rings is 1. The molecular formula is C19H17N5O4. The fourth-order valence-electron chi connectivity index (χ4n) is 2.76. The Balaban J connectivity index is 1.57. The first-order valence-corrected chi connectivity index (χ1v) is 8.46. The van der Waals surface area contributed by atoms with Crippen molar-refractivity contribution in [3.63, 3.8) is 0 Å². The van der Waals surface area contributed by atoms with Crippen LogP contribution in [0.3, 0.4) is 0 Å². The summed E-state index contributed by atoms with van der Waals surface area (Å²) < 4.78 is 17.5. The summed E-state index contributed by atoms with van der Waals surface area (Å²) in [5.41, 5.74) is 1.90. The number of hydrogen-bond donors (Lipinski definition) is 1. The quantitative estimate of drug-likeness (QED) is 0.653. The zero-order valence-electron chi connectivity index (χ0n) is 15.2. The first kappa shape index (κ1) is 17.5. The number of hydrogen-bond acceptors (Lipinski definition) is 8. The molecule has 0 atom stereocenters. The lowest BCUT2D eigenvalue weighted by atomic mass is 10.1. The number of nitrogens with one attached hydrogen (secondary N) is 1. The summed E-state index contributed by atoms with van der Waals surface area (Å²) in [6.07, 6.45) is 3.37. The molecule has 3 aromatic rings. The minimum absolute atomic E-state index is 0.0859. The number of ketones is 1. The summed E-state index contributed by atoms with van der Waals surface area (Å²) in [5, 5.41) is 14.8. The van der Waals surface area contributed by atoms with Gasteiger partial charge in [0.15, 0.2) is 23.1 Å². The maximum atomic E-state index is 11.9. The van der Waals surface area contributed by atoms with Gasteiger partial charge in [0.1, 0.15) is 5.75 Å². The van der Waals surface area contributed by atoms with Crippen LogP contribution in [0.4, 0.5) is 5.69 Å². The average Bonchev–Trinajstić information content (AvgIpc) is 3.36. The van der Waals surface area contributed by atoms with Gasteiger partial charge in [-0.05, 0) is 47.7 Å². The number of ether oxygens (including phenoxy) is 3. The third kappa shape index (κ3) is 3.37. The van der Waals surface area contributed by atoms with Gasteiger partial charge < -0.3 is 19.5 Å². The first-order chi connectivity index (χ1) is 13.7. The Morgan fingerprint density at radius 3 is 2.68 bits per heavy atom. The first-order valence-electron chi connectivity index (χ1n) is 8.46. The Morgan fingerprint density at radius 1 is 1.21 bits per heavy atom. The Kier molecular flexibility index (Phi) is 4.63. The van der Waals surface area contributed by atoms with E-state index < -0.39 is 0 Å². The fraction of sp³-hybridized carbons (Fsp3) is 0.158. The van der Waals surface area contributed by atoms with E-state index in [4.69, 9.17) is 14.2 Å². The van der Waals surface area contributed by atoms with E-state index in [1.54, 1.807) is 36.2 Å². The normalized spacial score (nSPS) is 12.4. The molecule has 28 heavy (non-hydrogen) atoms. The van der Waals surface area contributed by atoms with Crippen molar-refractivity contribution >= 4 is 17.5 Å². The largest absolute Gasteiger partial charge is 0.497 e. The average molecular weight is 379 g/mol. The number of carbonyl (C=O) groups is 1. The molecule has 9 heteroatoms. The summed E-state index contributed by atoms with van der Waals surface area (Å²) in [4.78, 5) is 11.9. The van der Waals surface area contributed by atoms with E-state index in [1.165, 1.54) is 6.92 Å². The molecule has 0 fully saturated rings. The van der Waals surface area contributed by atoms with Crippen molar-refractivity contribution in [1.29, 1.82) is 0 Å². The molecule has 0 spiro atoms. The highest BCUT2D eigenvalue weighted by Crippen LogP contribution is 2.37. The summed E-state index contributed by atoms with van der Waals surface area (Å²) in [7, 11) is 1.61. The monoisotopic (exact) mass is 379 g/mol. The Bertz CT molecular complexity index is 1040. The number of benzene rings is 2. The van der Waals surface area contributed by atoms with Gasteiger partial charge in [-0.15, -0.1) is 5.10 Å². The van der Waals surface area contributed by atoms with Crippen molar-refractivity contribution in [2.75, 3.05) is 19.2 Å². The molecule has 1 aliphatic rings. The minimum atomic E-state index is -0.0859. The van der Waals surface area contributed by atoms with E-state index in [0.29, 0.717) is 28.6 Å². The predicted molar refractivity (Wildman–Crippen MR) is 101 cm³/mol. The summed E-state index contributed by atoms with van der Waals surface area (Å²) >= 11 is 0. The molecule has 0 saturated heterocycles. The zero-order valence-corrected chi connectivity index (χ0v) is 15.2. The highest BCUT2D eigenvalue weighted by Gasteiger charge is 2.18. The molecule has 0 bridgehead atoms. The maximum Gasteiger partial charge on any atom is 0.231 e. The predicted octanol–water partition coefficient (Wildman–Crippen LogP) is 2.69. The molecule has 4 rings (SSSR count). The van der Waals surface area contributed by atoms with Gasteiger partial charge in [-0.2, -0.15) is 4.68 Å². The number of carbonyl (C=O) groups excluding carboxylic acids is 1. The van der Waals surface area contributed by atoms with Gasteiger partial charge in [0.05, 0.1) is 18.5 Å². The molecule has 1 aromatic heterocycles. The molecule has 0 saturated carbocycles. The summed E-state index contributed by atoms with van der Waals surface area (Å²) in [6, 6.07) is 10.8. The van der Waals surface area contributed by atoms with Crippen LogP contribution < -0.4 is 19.5 Å². The third-order valence-electron chi connectivity index (χ3n) is 4.17. The highest BCUT2D eigenvalue weighted by atomic mass is 16.7. The van der Waals surface area contributed by atoms with Crippen molar-refractivity contribution in [3.8, 4) is 22.9 Å². The molecule has 1 aliphatic heterocycles. The Morgan fingerprint density at radius 2 is 1.96 bits per heavy atom. The number of fused-ring (bicyclic) bond motifs is 1. The van der Waals surface area contributed by atoms with Crippen molar-refractivity contribution in [3.05, 3.63) is 54.0 Å². The lowest BCUT2D eigenvalue weighted by Crippen LogP contribution is -2.01. The van der Waals surface area contributed by atoms with Crippen molar-refractivity contribution < 1.29 is 19.0 Å². The van der Waals surface area contributed by atoms with Gasteiger partial charge in [-0.3, -0.25) is 4.79 Å². The molecular weight excluding hydrogens is 362 g/mol. The summed E-state index contributed by atoms with van der Waals surface area (Å²) in [5.74, 6) is 2.32. The number of nitrogens with zero attached hydrogens (tertiary/aromatic N) is 4. The maximum absolute atomic E-state index is 11.9.